The predicted octanol–water partition coefficient (Wildman–Crippen LogP) is 4.61. The van der Waals surface area contributed by atoms with Crippen molar-refractivity contribution in [2.45, 2.75) is 19.8 Å². The first kappa shape index (κ1) is 10.6. The summed E-state index contributed by atoms with van der Waals surface area (Å²) in [6.45, 7) is 2.17. The van der Waals surface area contributed by atoms with Gasteiger partial charge in [-0.05, 0) is 42.7 Å². The molecule has 1 saturated carbocycles. The Bertz CT molecular complexity index is 488. The molecule has 1 aromatic carbocycles. The highest BCUT2D eigenvalue weighted by Gasteiger charge is 2.34. The van der Waals surface area contributed by atoms with Crippen molar-refractivity contribution in [3.63, 3.8) is 0 Å². The second-order valence-electron chi connectivity index (χ2n) is 5.02. The van der Waals surface area contributed by atoms with E-state index < -0.39 is 0 Å². The molecule has 0 spiro atoms. The molecule has 0 radical (unpaired) electrons. The maximum Gasteiger partial charge on any atom is -0.00113 e. The van der Waals surface area contributed by atoms with Gasteiger partial charge in [0.25, 0.3) is 0 Å². The van der Waals surface area contributed by atoms with Crippen LogP contribution in [0, 0.1) is 11.8 Å². The molecule has 2 atom stereocenters. The van der Waals surface area contributed by atoms with E-state index in [1.165, 1.54) is 18.4 Å². The summed E-state index contributed by atoms with van der Waals surface area (Å²) < 4.78 is 0. The Morgan fingerprint density at radius 3 is 2.59 bits per heavy atom. The van der Waals surface area contributed by atoms with Crippen molar-refractivity contribution >= 4 is 6.08 Å². The fourth-order valence-electron chi connectivity index (χ4n) is 3.05. The van der Waals surface area contributed by atoms with Crippen LogP contribution in [0.4, 0.5) is 0 Å². The fourth-order valence-corrected chi connectivity index (χ4v) is 3.05. The summed E-state index contributed by atoms with van der Waals surface area (Å²) in [5.74, 6) is 1.52. The van der Waals surface area contributed by atoms with Crippen LogP contribution in [0.25, 0.3) is 6.08 Å². The Balaban J connectivity index is 1.77. The highest BCUT2D eigenvalue weighted by atomic mass is 14.4. The molecule has 86 valence electrons. The molecule has 0 amide bonds. The van der Waals surface area contributed by atoms with Crippen molar-refractivity contribution in [2.75, 3.05) is 0 Å². The second-order valence-corrected chi connectivity index (χ2v) is 5.02. The van der Waals surface area contributed by atoms with Crippen LogP contribution in [-0.2, 0) is 0 Å². The van der Waals surface area contributed by atoms with Crippen molar-refractivity contribution < 1.29 is 0 Å². The van der Waals surface area contributed by atoms with Gasteiger partial charge in [-0.3, -0.25) is 0 Å². The van der Waals surface area contributed by atoms with Crippen molar-refractivity contribution in [3.8, 4) is 0 Å². The van der Waals surface area contributed by atoms with Gasteiger partial charge in [-0.25, -0.2) is 0 Å². The zero-order valence-corrected chi connectivity index (χ0v) is 10.3. The van der Waals surface area contributed by atoms with Gasteiger partial charge in [0, 0.05) is 0 Å². The smallest absolute Gasteiger partial charge is 0.00113 e. The molecule has 2 unspecified atom stereocenters. The standard InChI is InChI=1S/C17H18/c1-2-14-10-17-12-16(14)11-15(17)9-8-13-6-4-3-5-7-13/h2-9,11,16-17H,10,12H2,1H3. The molecule has 0 heterocycles. The summed E-state index contributed by atoms with van der Waals surface area (Å²) in [5.41, 5.74) is 4.48. The largest absolute Gasteiger partial charge is 0.0878 e. The molecule has 17 heavy (non-hydrogen) atoms. The molecule has 1 fully saturated rings. The maximum absolute atomic E-state index is 2.46. The molecular weight excluding hydrogens is 204 g/mol. The maximum atomic E-state index is 2.46. The minimum absolute atomic E-state index is 0.737. The van der Waals surface area contributed by atoms with Crippen LogP contribution in [0.15, 0.2) is 59.7 Å². The van der Waals surface area contributed by atoms with Gasteiger partial charge in [-0.1, -0.05) is 60.2 Å². The molecule has 0 aliphatic heterocycles. The molecule has 2 bridgehead atoms. The molecule has 1 aromatic rings. The number of benzene rings is 1. The van der Waals surface area contributed by atoms with E-state index in [1.807, 2.05) is 0 Å². The monoisotopic (exact) mass is 222 g/mol. The van der Waals surface area contributed by atoms with Gasteiger partial charge in [-0.2, -0.15) is 0 Å². The van der Waals surface area contributed by atoms with Crippen LogP contribution in [0.3, 0.4) is 0 Å². The van der Waals surface area contributed by atoms with E-state index in [1.54, 1.807) is 11.1 Å². The summed E-state index contributed by atoms with van der Waals surface area (Å²) in [5, 5.41) is 0. The average Bonchev–Trinajstić information content (AvgIpc) is 2.96. The lowest BCUT2D eigenvalue weighted by atomic mass is 9.94. The van der Waals surface area contributed by atoms with Gasteiger partial charge in [0.05, 0.1) is 0 Å². The van der Waals surface area contributed by atoms with Crippen LogP contribution in [0.2, 0.25) is 0 Å². The lowest BCUT2D eigenvalue weighted by molar-refractivity contribution is 0.674. The van der Waals surface area contributed by atoms with Crippen LogP contribution >= 0.6 is 0 Å². The first-order valence-electron chi connectivity index (χ1n) is 6.47. The van der Waals surface area contributed by atoms with Crippen molar-refractivity contribution in [1.82, 2.24) is 0 Å². The molecule has 0 nitrogen and oxygen atoms in total. The Morgan fingerprint density at radius 1 is 1.12 bits per heavy atom. The summed E-state index contributed by atoms with van der Waals surface area (Å²) >= 11 is 0. The van der Waals surface area contributed by atoms with Crippen LogP contribution in [0.5, 0.6) is 0 Å². The van der Waals surface area contributed by atoms with Gasteiger partial charge < -0.3 is 0 Å². The molecule has 3 rings (SSSR count). The van der Waals surface area contributed by atoms with Crippen molar-refractivity contribution in [2.24, 2.45) is 11.8 Å². The van der Waals surface area contributed by atoms with Gasteiger partial charge in [0.1, 0.15) is 0 Å². The third-order valence-electron chi connectivity index (χ3n) is 4.00. The van der Waals surface area contributed by atoms with E-state index in [-0.39, 0.29) is 0 Å². The first-order valence-corrected chi connectivity index (χ1v) is 6.47. The Hall–Kier alpha value is -1.56. The Kier molecular flexibility index (Phi) is 2.72. The third kappa shape index (κ3) is 2.00. The zero-order chi connectivity index (χ0) is 11.7. The third-order valence-corrected chi connectivity index (χ3v) is 4.00. The van der Waals surface area contributed by atoms with Crippen LogP contribution in [0.1, 0.15) is 25.3 Å². The fraction of sp³-hybridized carbons (Fsp3) is 0.294. The number of hydrogen-bond donors (Lipinski definition) is 0. The first-order chi connectivity index (χ1) is 8.36. The van der Waals surface area contributed by atoms with E-state index in [2.05, 4.69) is 61.6 Å². The van der Waals surface area contributed by atoms with E-state index >= 15 is 0 Å². The lowest BCUT2D eigenvalue weighted by Crippen LogP contribution is -1.96. The SMILES string of the molecule is CC=C1CC2CC1C=C2C=Cc1ccccc1. The topological polar surface area (TPSA) is 0 Å². The number of fused-ring (bicyclic) bond motifs is 2. The zero-order valence-electron chi connectivity index (χ0n) is 10.3. The second kappa shape index (κ2) is 4.37. The lowest BCUT2D eigenvalue weighted by Gasteiger charge is -2.11. The molecule has 0 heteroatoms. The number of hydrogen-bond acceptors (Lipinski definition) is 0. The Morgan fingerprint density at radius 2 is 1.94 bits per heavy atom. The molecule has 2 aliphatic rings. The van der Waals surface area contributed by atoms with Gasteiger partial charge in [0.2, 0.25) is 0 Å². The highest BCUT2D eigenvalue weighted by Crippen LogP contribution is 2.47. The normalized spacial score (nSPS) is 29.2. The van der Waals surface area contributed by atoms with E-state index in [9.17, 15) is 0 Å². The van der Waals surface area contributed by atoms with Crippen LogP contribution < -0.4 is 0 Å². The van der Waals surface area contributed by atoms with Gasteiger partial charge >= 0.3 is 0 Å². The molecule has 2 aliphatic carbocycles. The van der Waals surface area contributed by atoms with Crippen molar-refractivity contribution in [3.05, 3.63) is 65.3 Å². The molecule has 0 saturated heterocycles. The summed E-state index contributed by atoms with van der Waals surface area (Å²) in [6.07, 6.45) is 11.9. The Labute approximate surface area is 103 Å². The highest BCUT2D eigenvalue weighted by molar-refractivity contribution is 5.54. The van der Waals surface area contributed by atoms with E-state index in [0.29, 0.717) is 0 Å². The quantitative estimate of drug-likeness (QED) is 0.641. The summed E-state index contributed by atoms with van der Waals surface area (Å²) in [4.78, 5) is 0. The van der Waals surface area contributed by atoms with Gasteiger partial charge in [-0.15, -0.1) is 0 Å². The average molecular weight is 222 g/mol. The minimum atomic E-state index is 0.737. The number of rotatable bonds is 2. The van der Waals surface area contributed by atoms with Gasteiger partial charge in [0.15, 0.2) is 0 Å². The minimum Gasteiger partial charge on any atom is -0.0878 e. The van der Waals surface area contributed by atoms with Crippen LogP contribution in [-0.4, -0.2) is 0 Å². The van der Waals surface area contributed by atoms with E-state index in [0.717, 1.165) is 11.8 Å². The van der Waals surface area contributed by atoms with Crippen molar-refractivity contribution in [1.29, 1.82) is 0 Å². The number of allylic oxidation sites excluding steroid dienone is 5. The predicted molar refractivity (Wildman–Crippen MR) is 73.5 cm³/mol. The summed E-state index contributed by atoms with van der Waals surface area (Å²) in [6, 6.07) is 10.6. The molecular formula is C17H18. The molecule has 0 aromatic heterocycles. The van der Waals surface area contributed by atoms with E-state index in [4.69, 9.17) is 0 Å². The summed E-state index contributed by atoms with van der Waals surface area (Å²) in [7, 11) is 0. The molecule has 0 N–H and O–H groups in total.